The van der Waals surface area contributed by atoms with Crippen molar-refractivity contribution in [1.29, 1.82) is 0 Å². The molecule has 2 N–H and O–H groups in total. The van der Waals surface area contributed by atoms with Gasteiger partial charge in [0.05, 0.1) is 12.3 Å². The van der Waals surface area contributed by atoms with E-state index in [-0.39, 0.29) is 0 Å². The van der Waals surface area contributed by atoms with E-state index in [4.69, 9.17) is 10.5 Å². The van der Waals surface area contributed by atoms with Gasteiger partial charge in [0, 0.05) is 18.3 Å². The molecule has 0 aromatic carbocycles. The van der Waals surface area contributed by atoms with Crippen molar-refractivity contribution in [1.82, 2.24) is 4.98 Å². The van der Waals surface area contributed by atoms with Gasteiger partial charge in [-0.25, -0.2) is 0 Å². The van der Waals surface area contributed by atoms with Gasteiger partial charge in [-0.1, -0.05) is 0 Å². The van der Waals surface area contributed by atoms with Gasteiger partial charge in [0.2, 0.25) is 0 Å². The molecule has 1 aromatic heterocycles. The van der Waals surface area contributed by atoms with Crippen LogP contribution in [0.2, 0.25) is 0 Å². The van der Waals surface area contributed by atoms with E-state index in [1.807, 2.05) is 6.07 Å². The lowest BCUT2D eigenvalue weighted by atomic mass is 10.2. The van der Waals surface area contributed by atoms with E-state index in [0.717, 1.165) is 11.3 Å². The zero-order valence-corrected chi connectivity index (χ0v) is 6.86. The van der Waals surface area contributed by atoms with Crippen molar-refractivity contribution in [3.63, 3.8) is 0 Å². The molecule has 1 saturated carbocycles. The Kier molecular flexibility index (Phi) is 1.96. The molecule has 1 aliphatic carbocycles. The van der Waals surface area contributed by atoms with Gasteiger partial charge in [0.1, 0.15) is 5.75 Å². The minimum atomic E-state index is 0.416. The molecule has 0 bridgehead atoms. The molecule has 0 atom stereocenters. The predicted molar refractivity (Wildman–Crippen MR) is 45.8 cm³/mol. The Bertz CT molecular complexity index is 271. The number of pyridine rings is 1. The molecule has 1 aromatic rings. The second-order valence-electron chi connectivity index (χ2n) is 3.00. The van der Waals surface area contributed by atoms with Crippen LogP contribution in [0.1, 0.15) is 18.4 Å². The lowest BCUT2D eigenvalue weighted by molar-refractivity contribution is 0.299. The van der Waals surface area contributed by atoms with Crippen LogP contribution in [0.15, 0.2) is 18.5 Å². The van der Waals surface area contributed by atoms with E-state index in [2.05, 4.69) is 4.98 Å². The first-order chi connectivity index (χ1) is 5.90. The molecule has 0 spiro atoms. The number of rotatable bonds is 3. The first-order valence-electron chi connectivity index (χ1n) is 4.20. The van der Waals surface area contributed by atoms with Crippen molar-refractivity contribution in [2.45, 2.75) is 25.5 Å². The monoisotopic (exact) mass is 164 g/mol. The molecule has 12 heavy (non-hydrogen) atoms. The molecule has 2 rings (SSSR count). The predicted octanol–water partition coefficient (Wildman–Crippen LogP) is 1.08. The molecule has 0 radical (unpaired) electrons. The van der Waals surface area contributed by atoms with Gasteiger partial charge in [0.25, 0.3) is 0 Å². The Balaban J connectivity index is 2.15. The average molecular weight is 164 g/mol. The third kappa shape index (κ3) is 1.56. The van der Waals surface area contributed by atoms with Gasteiger partial charge in [-0.15, -0.1) is 0 Å². The highest BCUT2D eigenvalue weighted by atomic mass is 16.5. The third-order valence-electron chi connectivity index (χ3n) is 1.91. The number of ether oxygens (including phenoxy) is 1. The summed E-state index contributed by atoms with van der Waals surface area (Å²) in [5.41, 5.74) is 6.58. The molecule has 0 saturated heterocycles. The molecule has 1 fully saturated rings. The second-order valence-corrected chi connectivity index (χ2v) is 3.00. The summed E-state index contributed by atoms with van der Waals surface area (Å²) >= 11 is 0. The molecular weight excluding hydrogens is 152 g/mol. The zero-order chi connectivity index (χ0) is 8.39. The fourth-order valence-corrected chi connectivity index (χ4v) is 1.05. The van der Waals surface area contributed by atoms with Crippen LogP contribution < -0.4 is 10.5 Å². The molecule has 3 heteroatoms. The summed E-state index contributed by atoms with van der Waals surface area (Å²) in [6, 6.07) is 1.90. The summed E-state index contributed by atoms with van der Waals surface area (Å²) < 4.78 is 5.60. The van der Waals surface area contributed by atoms with E-state index in [1.165, 1.54) is 12.8 Å². The summed E-state index contributed by atoms with van der Waals surface area (Å²) in [6.45, 7) is 0.518. The molecule has 3 nitrogen and oxygen atoms in total. The van der Waals surface area contributed by atoms with E-state index < -0.39 is 0 Å². The first-order valence-corrected chi connectivity index (χ1v) is 4.20. The Morgan fingerprint density at radius 1 is 1.58 bits per heavy atom. The Morgan fingerprint density at radius 2 is 2.42 bits per heavy atom. The van der Waals surface area contributed by atoms with Crippen LogP contribution in [0.5, 0.6) is 5.75 Å². The van der Waals surface area contributed by atoms with Crippen molar-refractivity contribution in [2.24, 2.45) is 5.73 Å². The zero-order valence-electron chi connectivity index (χ0n) is 6.86. The largest absolute Gasteiger partial charge is 0.488 e. The lowest BCUT2D eigenvalue weighted by Gasteiger charge is -2.07. The van der Waals surface area contributed by atoms with Crippen molar-refractivity contribution in [3.8, 4) is 5.75 Å². The SMILES string of the molecule is NCc1ccncc1OC1CC1. The van der Waals surface area contributed by atoms with E-state index in [1.54, 1.807) is 12.4 Å². The summed E-state index contributed by atoms with van der Waals surface area (Å²) in [7, 11) is 0. The summed E-state index contributed by atoms with van der Waals surface area (Å²) in [5, 5.41) is 0. The van der Waals surface area contributed by atoms with Crippen LogP contribution in [0.4, 0.5) is 0 Å². The topological polar surface area (TPSA) is 48.1 Å². The van der Waals surface area contributed by atoms with Gasteiger partial charge in [-0.05, 0) is 18.9 Å². The number of hydrogen-bond acceptors (Lipinski definition) is 3. The maximum Gasteiger partial charge on any atom is 0.142 e. The van der Waals surface area contributed by atoms with E-state index in [0.29, 0.717) is 12.6 Å². The Morgan fingerprint density at radius 3 is 3.08 bits per heavy atom. The Hall–Kier alpha value is -1.09. The fourth-order valence-electron chi connectivity index (χ4n) is 1.05. The Labute approximate surface area is 71.6 Å². The molecule has 1 aliphatic rings. The van der Waals surface area contributed by atoms with Gasteiger partial charge >= 0.3 is 0 Å². The molecule has 0 amide bonds. The molecule has 64 valence electrons. The molecular formula is C9H12N2O. The maximum absolute atomic E-state index is 5.60. The van der Waals surface area contributed by atoms with Gasteiger partial charge in [-0.3, -0.25) is 4.98 Å². The fraction of sp³-hybridized carbons (Fsp3) is 0.444. The highest BCUT2D eigenvalue weighted by molar-refractivity contribution is 5.30. The minimum Gasteiger partial charge on any atom is -0.488 e. The second kappa shape index (κ2) is 3.11. The number of hydrogen-bond donors (Lipinski definition) is 1. The first kappa shape index (κ1) is 7.55. The summed E-state index contributed by atoms with van der Waals surface area (Å²) in [6.07, 6.45) is 6.22. The minimum absolute atomic E-state index is 0.416. The standard InChI is InChI=1S/C9H12N2O/c10-5-7-3-4-11-6-9(7)12-8-1-2-8/h3-4,6,8H,1-2,5,10H2. The third-order valence-corrected chi connectivity index (χ3v) is 1.91. The van der Waals surface area contributed by atoms with Gasteiger partial charge in [0.15, 0.2) is 0 Å². The van der Waals surface area contributed by atoms with Crippen LogP contribution >= 0.6 is 0 Å². The smallest absolute Gasteiger partial charge is 0.142 e. The summed E-state index contributed by atoms with van der Waals surface area (Å²) in [5.74, 6) is 0.850. The number of aromatic nitrogens is 1. The van der Waals surface area contributed by atoms with Crippen LogP contribution in [0.25, 0.3) is 0 Å². The number of nitrogens with two attached hydrogens (primary N) is 1. The number of nitrogens with zero attached hydrogens (tertiary/aromatic N) is 1. The quantitative estimate of drug-likeness (QED) is 0.727. The lowest BCUT2D eigenvalue weighted by Crippen LogP contribution is -2.03. The summed E-state index contributed by atoms with van der Waals surface area (Å²) in [4.78, 5) is 3.99. The van der Waals surface area contributed by atoms with Crippen molar-refractivity contribution < 1.29 is 4.74 Å². The average Bonchev–Trinajstić information content (AvgIpc) is 2.89. The van der Waals surface area contributed by atoms with E-state index in [9.17, 15) is 0 Å². The van der Waals surface area contributed by atoms with E-state index >= 15 is 0 Å². The van der Waals surface area contributed by atoms with Crippen molar-refractivity contribution >= 4 is 0 Å². The highest BCUT2D eigenvalue weighted by Gasteiger charge is 2.24. The normalized spacial score (nSPS) is 16.1. The van der Waals surface area contributed by atoms with Crippen LogP contribution in [-0.4, -0.2) is 11.1 Å². The van der Waals surface area contributed by atoms with Gasteiger partial charge in [-0.2, -0.15) is 0 Å². The molecule has 0 unspecified atom stereocenters. The molecule has 1 heterocycles. The van der Waals surface area contributed by atoms with Crippen LogP contribution in [-0.2, 0) is 6.54 Å². The van der Waals surface area contributed by atoms with Crippen LogP contribution in [0, 0.1) is 0 Å². The maximum atomic E-state index is 5.60. The molecule has 0 aliphatic heterocycles. The highest BCUT2D eigenvalue weighted by Crippen LogP contribution is 2.28. The van der Waals surface area contributed by atoms with Gasteiger partial charge < -0.3 is 10.5 Å². The van der Waals surface area contributed by atoms with Crippen molar-refractivity contribution in [2.75, 3.05) is 0 Å². The van der Waals surface area contributed by atoms with Crippen LogP contribution in [0.3, 0.4) is 0 Å². The van der Waals surface area contributed by atoms with Crippen molar-refractivity contribution in [3.05, 3.63) is 24.0 Å².